The molecule has 1 fully saturated rings. The first-order chi connectivity index (χ1) is 9.72. The number of amides is 1. The standard InChI is InChI=1S/C14H16N2O2S2/c1-18-14(4-5-19-8-14)7-15-13(17)10-2-3-11-12(6-10)20-9-16-11/h2-3,6,9H,4-5,7-8H2,1H3,(H,15,17). The van der Waals surface area contributed by atoms with E-state index in [0.29, 0.717) is 12.1 Å². The maximum absolute atomic E-state index is 12.2. The minimum Gasteiger partial charge on any atom is -0.376 e. The summed E-state index contributed by atoms with van der Waals surface area (Å²) in [6, 6.07) is 5.60. The van der Waals surface area contributed by atoms with Crippen LogP contribution < -0.4 is 5.32 Å². The van der Waals surface area contributed by atoms with Crippen LogP contribution in [-0.2, 0) is 4.74 Å². The number of thiazole rings is 1. The molecule has 1 saturated heterocycles. The predicted octanol–water partition coefficient (Wildman–Crippen LogP) is 2.55. The Hall–Kier alpha value is -1.11. The molecule has 0 saturated carbocycles. The number of benzene rings is 1. The second kappa shape index (κ2) is 5.71. The summed E-state index contributed by atoms with van der Waals surface area (Å²) in [5, 5.41) is 3.00. The van der Waals surface area contributed by atoms with E-state index in [-0.39, 0.29) is 11.5 Å². The summed E-state index contributed by atoms with van der Waals surface area (Å²) >= 11 is 3.42. The third-order valence-electron chi connectivity index (χ3n) is 3.66. The molecule has 20 heavy (non-hydrogen) atoms. The van der Waals surface area contributed by atoms with Crippen LogP contribution >= 0.6 is 23.1 Å². The molecule has 1 aromatic heterocycles. The normalized spacial score (nSPS) is 22.2. The number of hydrogen-bond acceptors (Lipinski definition) is 5. The van der Waals surface area contributed by atoms with Crippen molar-refractivity contribution in [3.8, 4) is 0 Å². The molecule has 1 atom stereocenters. The molecule has 3 rings (SSSR count). The number of aromatic nitrogens is 1. The molecule has 0 aliphatic carbocycles. The third kappa shape index (κ3) is 2.68. The molecule has 0 radical (unpaired) electrons. The van der Waals surface area contributed by atoms with Crippen LogP contribution in [0.25, 0.3) is 10.2 Å². The van der Waals surface area contributed by atoms with E-state index < -0.39 is 0 Å². The lowest BCUT2D eigenvalue weighted by Crippen LogP contribution is -2.44. The van der Waals surface area contributed by atoms with E-state index in [4.69, 9.17) is 4.74 Å². The summed E-state index contributed by atoms with van der Waals surface area (Å²) < 4.78 is 6.64. The number of ether oxygens (including phenoxy) is 1. The molecule has 1 aliphatic heterocycles. The van der Waals surface area contributed by atoms with Crippen molar-refractivity contribution in [2.24, 2.45) is 0 Å². The SMILES string of the molecule is COC1(CNC(=O)c2ccc3ncsc3c2)CCSC1. The van der Waals surface area contributed by atoms with Gasteiger partial charge in [0.25, 0.3) is 5.91 Å². The van der Waals surface area contributed by atoms with E-state index in [1.807, 2.05) is 30.0 Å². The van der Waals surface area contributed by atoms with E-state index in [0.717, 1.165) is 28.1 Å². The van der Waals surface area contributed by atoms with Crippen molar-refractivity contribution in [1.82, 2.24) is 10.3 Å². The Bertz CT molecular complexity index is 620. The number of carbonyl (C=O) groups excluding carboxylic acids is 1. The van der Waals surface area contributed by atoms with Crippen LogP contribution in [0.1, 0.15) is 16.8 Å². The highest BCUT2D eigenvalue weighted by Gasteiger charge is 2.34. The fraction of sp³-hybridized carbons (Fsp3) is 0.429. The lowest BCUT2D eigenvalue weighted by molar-refractivity contribution is 0.0137. The van der Waals surface area contributed by atoms with Crippen LogP contribution in [0.5, 0.6) is 0 Å². The molecule has 2 aromatic rings. The van der Waals surface area contributed by atoms with Crippen molar-refractivity contribution in [3.05, 3.63) is 29.3 Å². The fourth-order valence-electron chi connectivity index (χ4n) is 2.30. The minimum absolute atomic E-state index is 0.0476. The summed E-state index contributed by atoms with van der Waals surface area (Å²) in [4.78, 5) is 16.5. The zero-order chi connectivity index (χ0) is 14.0. The van der Waals surface area contributed by atoms with Gasteiger partial charge in [0.05, 0.1) is 21.3 Å². The van der Waals surface area contributed by atoms with E-state index >= 15 is 0 Å². The number of nitrogens with one attached hydrogen (secondary N) is 1. The number of methoxy groups -OCH3 is 1. The van der Waals surface area contributed by atoms with E-state index in [1.165, 1.54) is 0 Å². The Morgan fingerprint density at radius 3 is 3.20 bits per heavy atom. The summed E-state index contributed by atoms with van der Waals surface area (Å²) in [6.45, 7) is 0.566. The Morgan fingerprint density at radius 1 is 1.55 bits per heavy atom. The van der Waals surface area contributed by atoms with Crippen molar-refractivity contribution in [1.29, 1.82) is 0 Å². The lowest BCUT2D eigenvalue weighted by atomic mass is 10.0. The smallest absolute Gasteiger partial charge is 0.251 e. The average molecular weight is 308 g/mol. The van der Waals surface area contributed by atoms with Gasteiger partial charge in [0.15, 0.2) is 0 Å². The zero-order valence-electron chi connectivity index (χ0n) is 11.2. The molecular formula is C14H16N2O2S2. The number of carbonyl (C=O) groups is 1. The van der Waals surface area contributed by atoms with Crippen LogP contribution in [-0.4, -0.2) is 41.7 Å². The second-order valence-corrected chi connectivity index (χ2v) is 6.90. The summed E-state index contributed by atoms with van der Waals surface area (Å²) in [6.07, 6.45) is 0.988. The van der Waals surface area contributed by atoms with Crippen molar-refractivity contribution < 1.29 is 9.53 Å². The maximum atomic E-state index is 12.2. The molecule has 0 spiro atoms. The summed E-state index contributed by atoms with van der Waals surface area (Å²) in [5.41, 5.74) is 3.21. The van der Waals surface area contributed by atoms with Gasteiger partial charge in [-0.2, -0.15) is 11.8 Å². The van der Waals surface area contributed by atoms with Gasteiger partial charge in [0.2, 0.25) is 0 Å². The zero-order valence-corrected chi connectivity index (χ0v) is 12.9. The van der Waals surface area contributed by atoms with Crippen LogP contribution in [0, 0.1) is 0 Å². The monoisotopic (exact) mass is 308 g/mol. The molecule has 2 heterocycles. The van der Waals surface area contributed by atoms with Gasteiger partial charge >= 0.3 is 0 Å². The van der Waals surface area contributed by atoms with Gasteiger partial charge in [-0.3, -0.25) is 4.79 Å². The van der Waals surface area contributed by atoms with Crippen LogP contribution in [0.3, 0.4) is 0 Å². The van der Waals surface area contributed by atoms with Crippen LogP contribution in [0.15, 0.2) is 23.7 Å². The fourth-order valence-corrected chi connectivity index (χ4v) is 4.41. The van der Waals surface area contributed by atoms with Gasteiger partial charge in [-0.25, -0.2) is 4.98 Å². The van der Waals surface area contributed by atoms with Gasteiger partial charge in [-0.05, 0) is 30.4 Å². The summed E-state index contributed by atoms with van der Waals surface area (Å²) in [5.74, 6) is 1.99. The molecule has 106 valence electrons. The summed E-state index contributed by atoms with van der Waals surface area (Å²) in [7, 11) is 1.72. The first-order valence-electron chi connectivity index (χ1n) is 6.47. The Morgan fingerprint density at radius 2 is 2.45 bits per heavy atom. The lowest BCUT2D eigenvalue weighted by Gasteiger charge is -2.26. The minimum atomic E-state index is -0.199. The first-order valence-corrected chi connectivity index (χ1v) is 8.50. The Kier molecular flexibility index (Phi) is 3.96. The second-order valence-electron chi connectivity index (χ2n) is 4.91. The van der Waals surface area contributed by atoms with Crippen molar-refractivity contribution in [3.63, 3.8) is 0 Å². The molecule has 6 heteroatoms. The maximum Gasteiger partial charge on any atom is 0.251 e. The number of fused-ring (bicyclic) bond motifs is 1. The molecule has 1 aromatic carbocycles. The average Bonchev–Trinajstić information content (AvgIpc) is 3.13. The van der Waals surface area contributed by atoms with Gasteiger partial charge < -0.3 is 10.1 Å². The number of hydrogen-bond donors (Lipinski definition) is 1. The number of thioether (sulfide) groups is 1. The van der Waals surface area contributed by atoms with Crippen molar-refractivity contribution >= 4 is 39.2 Å². The van der Waals surface area contributed by atoms with Gasteiger partial charge in [-0.15, -0.1) is 11.3 Å². The van der Waals surface area contributed by atoms with Crippen molar-refractivity contribution in [2.75, 3.05) is 25.2 Å². The first kappa shape index (κ1) is 13.9. The molecule has 1 unspecified atom stereocenters. The highest BCUT2D eigenvalue weighted by molar-refractivity contribution is 7.99. The van der Waals surface area contributed by atoms with E-state index in [9.17, 15) is 4.79 Å². The third-order valence-corrected chi connectivity index (χ3v) is 5.68. The largest absolute Gasteiger partial charge is 0.376 e. The van der Waals surface area contributed by atoms with Gasteiger partial charge in [0.1, 0.15) is 0 Å². The molecule has 1 aliphatic rings. The van der Waals surface area contributed by atoms with Crippen molar-refractivity contribution in [2.45, 2.75) is 12.0 Å². The molecule has 1 amide bonds. The van der Waals surface area contributed by atoms with Crippen LogP contribution in [0.2, 0.25) is 0 Å². The van der Waals surface area contributed by atoms with Gasteiger partial charge in [-0.1, -0.05) is 0 Å². The topological polar surface area (TPSA) is 51.2 Å². The molecule has 1 N–H and O–H groups in total. The number of rotatable bonds is 4. The Labute approximate surface area is 125 Å². The van der Waals surface area contributed by atoms with Gasteiger partial charge in [0, 0.05) is 25.0 Å². The predicted molar refractivity (Wildman–Crippen MR) is 83.6 cm³/mol. The van der Waals surface area contributed by atoms with E-state index in [1.54, 1.807) is 24.0 Å². The quantitative estimate of drug-likeness (QED) is 0.943. The Balaban J connectivity index is 1.69. The van der Waals surface area contributed by atoms with E-state index in [2.05, 4.69) is 10.3 Å². The molecule has 4 nitrogen and oxygen atoms in total. The molecule has 0 bridgehead atoms. The highest BCUT2D eigenvalue weighted by atomic mass is 32.2. The molecular weight excluding hydrogens is 292 g/mol. The van der Waals surface area contributed by atoms with Crippen LogP contribution in [0.4, 0.5) is 0 Å². The number of nitrogens with zero attached hydrogens (tertiary/aromatic N) is 1. The highest BCUT2D eigenvalue weighted by Crippen LogP contribution is 2.30.